The molecule has 2 aliphatic rings. The van der Waals surface area contributed by atoms with Crippen molar-refractivity contribution < 1.29 is 9.84 Å². The fourth-order valence-electron chi connectivity index (χ4n) is 8.63. The molecule has 0 saturated carbocycles. The van der Waals surface area contributed by atoms with Gasteiger partial charge in [-0.2, -0.15) is 0 Å². The largest absolute Gasteiger partial charge is 0.393 e. The molecule has 2 fully saturated rings. The van der Waals surface area contributed by atoms with Crippen LogP contribution in [0.5, 0.6) is 0 Å². The van der Waals surface area contributed by atoms with Crippen molar-refractivity contribution in [3.05, 3.63) is 0 Å². The minimum Gasteiger partial charge on any atom is -0.393 e. The monoisotopic (exact) mass is 667 g/mol. The highest BCUT2D eigenvalue weighted by Crippen LogP contribution is 2.30. The Bertz CT molecular complexity index is 797. The number of nitrogens with zero attached hydrogens (tertiary/aromatic N) is 4. The molecule has 0 spiro atoms. The minimum atomic E-state index is -0.183. The van der Waals surface area contributed by atoms with Crippen LogP contribution in [0.25, 0.3) is 0 Å². The van der Waals surface area contributed by atoms with Crippen LogP contribution < -0.4 is 0 Å². The summed E-state index contributed by atoms with van der Waals surface area (Å²) in [4.78, 5) is 10.9. The van der Waals surface area contributed by atoms with Gasteiger partial charge >= 0.3 is 0 Å². The molecule has 2 heterocycles. The first kappa shape index (κ1) is 44.8. The van der Waals surface area contributed by atoms with E-state index >= 15 is 0 Å². The molecule has 2 rings (SSSR count). The van der Waals surface area contributed by atoms with Crippen molar-refractivity contribution in [3.63, 3.8) is 0 Å². The number of piperazine rings is 2. The summed E-state index contributed by atoms with van der Waals surface area (Å²) >= 11 is 0. The number of hydrogen-bond donors (Lipinski definition) is 1. The van der Waals surface area contributed by atoms with Crippen LogP contribution in [0.3, 0.4) is 0 Å². The zero-order valence-electron chi connectivity index (χ0n) is 34.6. The van der Waals surface area contributed by atoms with Crippen LogP contribution in [-0.2, 0) is 4.74 Å². The van der Waals surface area contributed by atoms with E-state index in [1.54, 1.807) is 0 Å². The summed E-state index contributed by atoms with van der Waals surface area (Å²) in [5, 5.41) is 9.72. The first-order valence-electron chi connectivity index (χ1n) is 20.1. The van der Waals surface area contributed by atoms with Crippen LogP contribution in [0.15, 0.2) is 0 Å². The van der Waals surface area contributed by atoms with Gasteiger partial charge in [-0.15, -0.1) is 0 Å². The smallest absolute Gasteiger partial charge is 0.0632 e. The second-order valence-electron chi connectivity index (χ2n) is 18.1. The van der Waals surface area contributed by atoms with Crippen LogP contribution >= 0.6 is 0 Å². The Morgan fingerprint density at radius 1 is 0.553 bits per heavy atom. The highest BCUT2D eigenvalue weighted by atomic mass is 16.5. The second-order valence-corrected chi connectivity index (χ2v) is 18.1. The first-order chi connectivity index (χ1) is 21.8. The van der Waals surface area contributed by atoms with Gasteiger partial charge in [0.1, 0.15) is 0 Å². The Morgan fingerprint density at radius 3 is 1.30 bits per heavy atom. The van der Waals surface area contributed by atoms with E-state index in [0.29, 0.717) is 11.8 Å². The van der Waals surface area contributed by atoms with Gasteiger partial charge in [0.15, 0.2) is 0 Å². The van der Waals surface area contributed by atoms with Gasteiger partial charge in [-0.25, -0.2) is 0 Å². The van der Waals surface area contributed by atoms with Crippen LogP contribution in [0.1, 0.15) is 149 Å². The Labute approximate surface area is 295 Å². The van der Waals surface area contributed by atoms with Gasteiger partial charge in [0.05, 0.1) is 17.8 Å². The Balaban J connectivity index is 0.00000541. The molecule has 1 N–H and O–H groups in total. The second kappa shape index (κ2) is 21.2. The molecule has 5 unspecified atom stereocenters. The standard InChI is InChI=1S/C39H80N4O2.C2H6/c1-31(2)45-39(12,13)28-33(4)15-17-38(10,11)43-24-20-41(21-25-43)30-35(6)26-34(5)29-40-18-22-42(23-19-40)37(8,9)16-14-32(3)27-36(7)44;1-2/h31-36,44H,14-30H2,1-13H3;1-2H3. The van der Waals surface area contributed by atoms with E-state index in [2.05, 4.69) is 103 Å². The fraction of sp³-hybridized carbons (Fsp3) is 1.00. The molecule has 2 saturated heterocycles. The average molecular weight is 667 g/mol. The van der Waals surface area contributed by atoms with Gasteiger partial charge in [0.25, 0.3) is 0 Å². The molecule has 0 amide bonds. The number of ether oxygens (including phenoxy) is 1. The molecular formula is C41H86N4O2. The van der Waals surface area contributed by atoms with Crippen molar-refractivity contribution in [1.82, 2.24) is 19.6 Å². The van der Waals surface area contributed by atoms with Crippen LogP contribution in [-0.4, -0.2) is 119 Å². The summed E-state index contributed by atoms with van der Waals surface area (Å²) in [6.07, 6.45) is 8.42. The van der Waals surface area contributed by atoms with Crippen molar-refractivity contribution in [2.24, 2.45) is 23.7 Å². The summed E-state index contributed by atoms with van der Waals surface area (Å²) in [5.74, 6) is 2.77. The SMILES string of the molecule is CC.CC(O)CC(C)CCC(C)(C)N1CCN(CC(C)CC(C)CN2CCN(C(C)(C)CCC(C)CC(C)(C)OC(C)C)CC2)CC1. The maximum atomic E-state index is 9.72. The van der Waals surface area contributed by atoms with Gasteiger partial charge in [-0.05, 0) is 131 Å². The van der Waals surface area contributed by atoms with Crippen molar-refractivity contribution in [1.29, 1.82) is 0 Å². The van der Waals surface area contributed by atoms with Gasteiger partial charge in [-0.1, -0.05) is 41.5 Å². The summed E-state index contributed by atoms with van der Waals surface area (Å²) < 4.78 is 6.17. The van der Waals surface area contributed by atoms with Gasteiger partial charge < -0.3 is 19.6 Å². The lowest BCUT2D eigenvalue weighted by Crippen LogP contribution is -2.55. The molecule has 0 radical (unpaired) electrons. The van der Waals surface area contributed by atoms with Gasteiger partial charge in [0.2, 0.25) is 0 Å². The molecule has 0 aromatic heterocycles. The molecule has 2 aliphatic heterocycles. The molecule has 0 aromatic rings. The molecule has 0 aromatic carbocycles. The van der Waals surface area contributed by atoms with E-state index in [1.807, 2.05) is 20.8 Å². The first-order valence-corrected chi connectivity index (χ1v) is 20.1. The Kier molecular flexibility index (Phi) is 20.2. The molecule has 282 valence electrons. The van der Waals surface area contributed by atoms with Crippen LogP contribution in [0.4, 0.5) is 0 Å². The quantitative estimate of drug-likeness (QED) is 0.140. The van der Waals surface area contributed by atoms with E-state index in [9.17, 15) is 5.11 Å². The zero-order valence-corrected chi connectivity index (χ0v) is 34.6. The third-order valence-corrected chi connectivity index (χ3v) is 11.0. The molecule has 0 bridgehead atoms. The molecule has 0 aliphatic carbocycles. The normalized spacial score (nSPS) is 21.6. The molecule has 47 heavy (non-hydrogen) atoms. The van der Waals surface area contributed by atoms with E-state index in [0.717, 1.165) is 24.7 Å². The van der Waals surface area contributed by atoms with Crippen molar-refractivity contribution >= 4 is 0 Å². The van der Waals surface area contributed by atoms with Crippen LogP contribution in [0, 0.1) is 23.7 Å². The number of hydrogen-bond acceptors (Lipinski definition) is 6. The van der Waals surface area contributed by atoms with Crippen LogP contribution in [0.2, 0.25) is 0 Å². The third kappa shape index (κ3) is 18.0. The lowest BCUT2D eigenvalue weighted by molar-refractivity contribution is -0.0692. The summed E-state index contributed by atoms with van der Waals surface area (Å²) in [6.45, 7) is 46.2. The molecule has 5 atom stereocenters. The lowest BCUT2D eigenvalue weighted by atomic mass is 9.86. The highest BCUT2D eigenvalue weighted by molar-refractivity contribution is 4.89. The number of aliphatic hydroxyl groups is 1. The molecular weight excluding hydrogens is 580 g/mol. The molecule has 6 heteroatoms. The topological polar surface area (TPSA) is 42.4 Å². The predicted molar refractivity (Wildman–Crippen MR) is 206 cm³/mol. The Hall–Kier alpha value is -0.240. The van der Waals surface area contributed by atoms with Crippen molar-refractivity contribution in [2.75, 3.05) is 65.4 Å². The predicted octanol–water partition coefficient (Wildman–Crippen LogP) is 8.66. The Morgan fingerprint density at radius 2 is 0.936 bits per heavy atom. The number of aliphatic hydroxyl groups excluding tert-OH is 1. The zero-order chi connectivity index (χ0) is 36.0. The van der Waals surface area contributed by atoms with Gasteiger partial charge in [-0.3, -0.25) is 9.80 Å². The highest BCUT2D eigenvalue weighted by Gasteiger charge is 2.33. The minimum absolute atomic E-state index is 0.0385. The maximum absolute atomic E-state index is 9.72. The average Bonchev–Trinajstić information content (AvgIpc) is 2.95. The molecule has 6 nitrogen and oxygen atoms in total. The van der Waals surface area contributed by atoms with E-state index < -0.39 is 0 Å². The van der Waals surface area contributed by atoms with E-state index in [1.165, 1.54) is 97.6 Å². The summed E-state index contributed by atoms with van der Waals surface area (Å²) in [5.41, 5.74) is 0.472. The van der Waals surface area contributed by atoms with Crippen molar-refractivity contribution in [2.45, 2.75) is 178 Å². The third-order valence-electron chi connectivity index (χ3n) is 11.0. The lowest BCUT2D eigenvalue weighted by Gasteiger charge is -2.45. The van der Waals surface area contributed by atoms with Crippen molar-refractivity contribution in [3.8, 4) is 0 Å². The maximum Gasteiger partial charge on any atom is 0.0632 e. The summed E-state index contributed by atoms with van der Waals surface area (Å²) in [7, 11) is 0. The number of rotatable bonds is 20. The fourth-order valence-corrected chi connectivity index (χ4v) is 8.63. The van der Waals surface area contributed by atoms with Gasteiger partial charge in [0, 0.05) is 76.5 Å². The van der Waals surface area contributed by atoms with E-state index in [-0.39, 0.29) is 28.9 Å². The van der Waals surface area contributed by atoms with E-state index in [4.69, 9.17) is 4.74 Å². The summed E-state index contributed by atoms with van der Waals surface area (Å²) in [6, 6.07) is 0.